The van der Waals surface area contributed by atoms with Gasteiger partial charge >= 0.3 is 0 Å². The van der Waals surface area contributed by atoms with E-state index < -0.39 is 0 Å². The number of ketones is 1. The lowest BCUT2D eigenvalue weighted by atomic mass is 9.93. The minimum absolute atomic E-state index is 0.166. The Hall–Kier alpha value is -0.930. The largest absolute Gasteiger partial charge is 0.300 e. The molecular weight excluding hydrogens is 253 g/mol. The van der Waals surface area contributed by atoms with Gasteiger partial charge in [-0.05, 0) is 26.0 Å². The van der Waals surface area contributed by atoms with Gasteiger partial charge in [-0.15, -0.1) is 0 Å². The fraction of sp³-hybridized carbons (Fsp3) is 0.500. The van der Waals surface area contributed by atoms with Crippen LogP contribution in [-0.4, -0.2) is 23.8 Å². The molecule has 1 saturated carbocycles. The van der Waals surface area contributed by atoms with Gasteiger partial charge in [-0.2, -0.15) is 0 Å². The fourth-order valence-electron chi connectivity index (χ4n) is 2.43. The highest BCUT2D eigenvalue weighted by Gasteiger charge is 2.22. The Morgan fingerprint density at radius 3 is 2.72 bits per heavy atom. The van der Waals surface area contributed by atoms with Crippen LogP contribution < -0.4 is 0 Å². The quantitative estimate of drug-likeness (QED) is 0.838. The van der Waals surface area contributed by atoms with E-state index in [1.165, 1.54) is 0 Å². The molecule has 2 nitrogen and oxygen atoms in total. The van der Waals surface area contributed by atoms with Gasteiger partial charge in [-0.25, -0.2) is 4.39 Å². The lowest BCUT2D eigenvalue weighted by molar-refractivity contribution is -0.121. The maximum absolute atomic E-state index is 13.8. The number of hydrogen-bond acceptors (Lipinski definition) is 2. The summed E-state index contributed by atoms with van der Waals surface area (Å²) >= 11 is 5.76. The highest BCUT2D eigenvalue weighted by Crippen LogP contribution is 2.23. The van der Waals surface area contributed by atoms with Crippen LogP contribution in [0, 0.1) is 5.82 Å². The van der Waals surface area contributed by atoms with Crippen LogP contribution >= 0.6 is 11.6 Å². The molecule has 4 heteroatoms. The summed E-state index contributed by atoms with van der Waals surface area (Å²) in [6, 6.07) is 5.44. The predicted octanol–water partition coefficient (Wildman–Crippen LogP) is 3.42. The number of carbonyl (C=O) groups is 1. The van der Waals surface area contributed by atoms with Crippen molar-refractivity contribution in [2.45, 2.75) is 38.3 Å². The van der Waals surface area contributed by atoms with E-state index in [1.54, 1.807) is 18.2 Å². The first-order chi connectivity index (χ1) is 8.58. The number of Topliss-reactive ketones (excluding diaryl/α,β-unsaturated/α-hetero) is 1. The lowest BCUT2D eigenvalue weighted by Gasteiger charge is -2.30. The maximum Gasteiger partial charge on any atom is 0.146 e. The number of nitrogens with zero attached hydrogens (tertiary/aromatic N) is 1. The lowest BCUT2D eigenvalue weighted by Crippen LogP contribution is -2.35. The molecule has 0 saturated heterocycles. The van der Waals surface area contributed by atoms with E-state index in [4.69, 9.17) is 11.6 Å². The van der Waals surface area contributed by atoms with Crippen LogP contribution in [0.2, 0.25) is 5.02 Å². The van der Waals surface area contributed by atoms with Crippen molar-refractivity contribution >= 4 is 17.4 Å². The molecule has 1 aliphatic rings. The van der Waals surface area contributed by atoms with Gasteiger partial charge in [0, 0.05) is 31.0 Å². The average molecular weight is 270 g/mol. The minimum atomic E-state index is -0.335. The first-order valence-corrected chi connectivity index (χ1v) is 6.60. The molecule has 0 radical (unpaired) electrons. The van der Waals surface area contributed by atoms with Gasteiger partial charge in [0.25, 0.3) is 0 Å². The van der Waals surface area contributed by atoms with Gasteiger partial charge in [0.2, 0.25) is 0 Å². The summed E-state index contributed by atoms with van der Waals surface area (Å²) in [4.78, 5) is 13.3. The Bertz CT molecular complexity index is 439. The SMILES string of the molecule is CN(Cc1cccc(Cl)c1F)C1CCC(=O)CC1. The van der Waals surface area contributed by atoms with Gasteiger partial charge in [0.1, 0.15) is 11.6 Å². The Morgan fingerprint density at radius 1 is 1.39 bits per heavy atom. The molecule has 0 N–H and O–H groups in total. The number of benzene rings is 1. The highest BCUT2D eigenvalue weighted by molar-refractivity contribution is 6.30. The van der Waals surface area contributed by atoms with Crippen LogP contribution in [0.4, 0.5) is 4.39 Å². The molecule has 0 unspecified atom stereocenters. The Labute approximate surface area is 112 Å². The van der Waals surface area contributed by atoms with Gasteiger partial charge in [0.15, 0.2) is 0 Å². The molecular formula is C14H17ClFNO. The summed E-state index contributed by atoms with van der Waals surface area (Å²) < 4.78 is 13.8. The minimum Gasteiger partial charge on any atom is -0.300 e. The van der Waals surface area contributed by atoms with Gasteiger partial charge in [0.05, 0.1) is 5.02 Å². The monoisotopic (exact) mass is 269 g/mol. The normalized spacial score (nSPS) is 17.4. The summed E-state index contributed by atoms with van der Waals surface area (Å²) in [6.07, 6.45) is 3.04. The van der Waals surface area contributed by atoms with Crippen molar-refractivity contribution in [3.63, 3.8) is 0 Å². The zero-order valence-electron chi connectivity index (χ0n) is 10.5. The molecule has 0 spiro atoms. The van der Waals surface area contributed by atoms with E-state index in [0.717, 1.165) is 12.8 Å². The molecule has 1 aromatic rings. The standard InChI is InChI=1S/C14H17ClFNO/c1-17(11-5-7-12(18)8-6-11)9-10-3-2-4-13(15)14(10)16/h2-4,11H,5-9H2,1H3. The molecule has 1 aliphatic carbocycles. The summed E-state index contributed by atoms with van der Waals surface area (Å²) in [6.45, 7) is 0.533. The second-order valence-corrected chi connectivity index (χ2v) is 5.31. The summed E-state index contributed by atoms with van der Waals surface area (Å²) in [5, 5.41) is 0.166. The van der Waals surface area contributed by atoms with E-state index in [9.17, 15) is 9.18 Å². The highest BCUT2D eigenvalue weighted by atomic mass is 35.5. The number of rotatable bonds is 3. The first kappa shape index (κ1) is 13.5. The van der Waals surface area contributed by atoms with Crippen LogP contribution in [0.1, 0.15) is 31.2 Å². The molecule has 0 aromatic heterocycles. The smallest absolute Gasteiger partial charge is 0.146 e. The van der Waals surface area contributed by atoms with Crippen molar-refractivity contribution in [1.29, 1.82) is 0 Å². The molecule has 0 amide bonds. The third-order valence-electron chi connectivity index (χ3n) is 3.59. The van der Waals surface area contributed by atoms with E-state index >= 15 is 0 Å². The molecule has 0 bridgehead atoms. The summed E-state index contributed by atoms with van der Waals surface area (Å²) in [5.74, 6) is 0.00601. The van der Waals surface area contributed by atoms with Crippen LogP contribution in [-0.2, 0) is 11.3 Å². The first-order valence-electron chi connectivity index (χ1n) is 6.22. The van der Waals surface area contributed by atoms with Crippen molar-refractivity contribution < 1.29 is 9.18 Å². The Balaban J connectivity index is 2.00. The predicted molar refractivity (Wildman–Crippen MR) is 70.1 cm³/mol. The number of halogens is 2. The van der Waals surface area contributed by atoms with Crippen LogP contribution in [0.3, 0.4) is 0 Å². The molecule has 0 atom stereocenters. The number of hydrogen-bond donors (Lipinski definition) is 0. The van der Waals surface area contributed by atoms with E-state index in [-0.39, 0.29) is 10.8 Å². The van der Waals surface area contributed by atoms with Gasteiger partial charge in [-0.3, -0.25) is 9.69 Å². The van der Waals surface area contributed by atoms with Crippen LogP contribution in [0.5, 0.6) is 0 Å². The molecule has 98 valence electrons. The number of carbonyl (C=O) groups excluding carboxylic acids is 1. The second-order valence-electron chi connectivity index (χ2n) is 4.90. The summed E-state index contributed by atoms with van der Waals surface area (Å²) in [7, 11) is 1.97. The zero-order chi connectivity index (χ0) is 13.1. The Kier molecular flexibility index (Phi) is 4.36. The van der Waals surface area contributed by atoms with Crippen molar-refractivity contribution in [1.82, 2.24) is 4.90 Å². The summed E-state index contributed by atoms with van der Waals surface area (Å²) in [5.41, 5.74) is 0.613. The van der Waals surface area contributed by atoms with Crippen LogP contribution in [0.15, 0.2) is 18.2 Å². The topological polar surface area (TPSA) is 20.3 Å². The fourth-order valence-corrected chi connectivity index (χ4v) is 2.63. The molecule has 2 rings (SSSR count). The van der Waals surface area contributed by atoms with Crippen LogP contribution in [0.25, 0.3) is 0 Å². The van der Waals surface area contributed by atoms with Crippen molar-refractivity contribution in [3.05, 3.63) is 34.6 Å². The third kappa shape index (κ3) is 3.09. The van der Waals surface area contributed by atoms with E-state index in [2.05, 4.69) is 4.90 Å². The maximum atomic E-state index is 13.8. The van der Waals surface area contributed by atoms with E-state index in [0.29, 0.717) is 36.8 Å². The second kappa shape index (κ2) is 5.81. The average Bonchev–Trinajstić information content (AvgIpc) is 2.36. The molecule has 1 aromatic carbocycles. The Morgan fingerprint density at radius 2 is 2.06 bits per heavy atom. The van der Waals surface area contributed by atoms with Gasteiger partial charge in [-0.1, -0.05) is 23.7 Å². The van der Waals surface area contributed by atoms with E-state index in [1.807, 2.05) is 7.05 Å². The molecule has 18 heavy (non-hydrogen) atoms. The van der Waals surface area contributed by atoms with Crippen molar-refractivity contribution in [3.8, 4) is 0 Å². The third-order valence-corrected chi connectivity index (χ3v) is 3.88. The molecule has 0 heterocycles. The van der Waals surface area contributed by atoms with Crippen molar-refractivity contribution in [2.24, 2.45) is 0 Å². The zero-order valence-corrected chi connectivity index (χ0v) is 11.2. The molecule has 1 fully saturated rings. The van der Waals surface area contributed by atoms with Gasteiger partial charge < -0.3 is 0 Å². The van der Waals surface area contributed by atoms with Crippen molar-refractivity contribution in [2.75, 3.05) is 7.05 Å². The molecule has 0 aliphatic heterocycles.